The largest absolute Gasteiger partial charge is 0.491 e. The van der Waals surface area contributed by atoms with Gasteiger partial charge in [-0.3, -0.25) is 9.59 Å². The number of hydrogen-bond acceptors (Lipinski definition) is 4. The number of aliphatic hydroxyl groups excluding tert-OH is 1. The minimum Gasteiger partial charge on any atom is -0.491 e. The van der Waals surface area contributed by atoms with Crippen LogP contribution in [0.4, 0.5) is 5.69 Å². The Labute approximate surface area is 224 Å². The molecular formula is C29H24Cl2N2O4. The molecule has 8 heteroatoms. The number of carbonyl (C=O) groups excluding carboxylic acids is 2. The fourth-order valence-electron chi connectivity index (χ4n) is 5.55. The van der Waals surface area contributed by atoms with Crippen LogP contribution in [0.1, 0.15) is 47.6 Å². The molecule has 2 amide bonds. The number of aliphatic hydroxyl groups is 1. The van der Waals surface area contributed by atoms with Gasteiger partial charge >= 0.3 is 0 Å². The summed E-state index contributed by atoms with van der Waals surface area (Å²) >= 11 is 12.7. The van der Waals surface area contributed by atoms with Crippen LogP contribution < -0.4 is 15.4 Å². The van der Waals surface area contributed by atoms with Gasteiger partial charge in [0.05, 0.1) is 12.6 Å². The van der Waals surface area contributed by atoms with Crippen molar-refractivity contribution in [1.29, 1.82) is 0 Å². The SMILES string of the molecule is CC#Cc1ccc(OCCO)c([C@@H]2NC(=O)C[C@H](c3cccc(Cl)c3)[C@@]23C(=O)Nc2cc(Cl)ccc23)c1. The van der Waals surface area contributed by atoms with E-state index < -0.39 is 17.4 Å². The smallest absolute Gasteiger partial charge is 0.238 e. The van der Waals surface area contributed by atoms with Gasteiger partial charge in [0.1, 0.15) is 17.8 Å². The van der Waals surface area contributed by atoms with E-state index in [2.05, 4.69) is 22.5 Å². The van der Waals surface area contributed by atoms with Crippen LogP contribution in [-0.4, -0.2) is 30.1 Å². The molecule has 5 rings (SSSR count). The minimum absolute atomic E-state index is 0.0512. The Balaban J connectivity index is 1.81. The Bertz CT molecular complexity index is 1460. The number of halogens is 2. The third-order valence-electron chi connectivity index (χ3n) is 6.94. The van der Waals surface area contributed by atoms with E-state index in [0.29, 0.717) is 32.6 Å². The van der Waals surface area contributed by atoms with Crippen LogP contribution in [0.15, 0.2) is 60.7 Å². The number of hydrogen-bond donors (Lipinski definition) is 3. The van der Waals surface area contributed by atoms with Gasteiger partial charge in [0.25, 0.3) is 0 Å². The third-order valence-corrected chi connectivity index (χ3v) is 7.41. The van der Waals surface area contributed by atoms with Crippen molar-refractivity contribution in [1.82, 2.24) is 5.32 Å². The maximum atomic E-state index is 14.2. The van der Waals surface area contributed by atoms with Crippen molar-refractivity contribution >= 4 is 40.7 Å². The van der Waals surface area contributed by atoms with Gasteiger partial charge < -0.3 is 20.5 Å². The lowest BCUT2D eigenvalue weighted by atomic mass is 9.59. The molecule has 2 aliphatic heterocycles. The summed E-state index contributed by atoms with van der Waals surface area (Å²) in [6.45, 7) is 1.60. The second kappa shape index (κ2) is 10.1. The molecular weight excluding hydrogens is 511 g/mol. The topological polar surface area (TPSA) is 87.7 Å². The Hall–Kier alpha value is -3.50. The quantitative estimate of drug-likeness (QED) is 0.403. The summed E-state index contributed by atoms with van der Waals surface area (Å²) in [6, 6.07) is 17.1. The first-order chi connectivity index (χ1) is 17.9. The van der Waals surface area contributed by atoms with Crippen LogP contribution >= 0.6 is 23.2 Å². The van der Waals surface area contributed by atoms with Crippen molar-refractivity contribution in [3.63, 3.8) is 0 Å². The third kappa shape index (κ3) is 4.34. The predicted molar refractivity (Wildman–Crippen MR) is 143 cm³/mol. The predicted octanol–water partition coefficient (Wildman–Crippen LogP) is 4.97. The van der Waals surface area contributed by atoms with Gasteiger partial charge in [-0.05, 0) is 60.5 Å². The molecule has 6 nitrogen and oxygen atoms in total. The molecule has 3 aromatic carbocycles. The van der Waals surface area contributed by atoms with Gasteiger partial charge in [0, 0.05) is 39.2 Å². The minimum atomic E-state index is -1.24. The maximum absolute atomic E-state index is 14.2. The molecule has 2 aliphatic rings. The first kappa shape index (κ1) is 25.2. The Morgan fingerprint density at radius 2 is 1.89 bits per heavy atom. The average molecular weight is 535 g/mol. The zero-order valence-electron chi connectivity index (χ0n) is 20.0. The first-order valence-corrected chi connectivity index (χ1v) is 12.6. The number of fused-ring (bicyclic) bond motifs is 2. The van der Waals surface area contributed by atoms with Crippen molar-refractivity contribution in [3.05, 3.63) is 93.0 Å². The van der Waals surface area contributed by atoms with Gasteiger partial charge in [-0.25, -0.2) is 0 Å². The van der Waals surface area contributed by atoms with Gasteiger partial charge in [-0.2, -0.15) is 0 Å². The van der Waals surface area contributed by atoms with E-state index in [0.717, 1.165) is 11.1 Å². The fourth-order valence-corrected chi connectivity index (χ4v) is 5.92. The van der Waals surface area contributed by atoms with E-state index in [-0.39, 0.29) is 31.4 Å². The zero-order valence-corrected chi connectivity index (χ0v) is 21.5. The van der Waals surface area contributed by atoms with Gasteiger partial charge in [-0.15, -0.1) is 5.92 Å². The lowest BCUT2D eigenvalue weighted by Crippen LogP contribution is -2.57. The summed E-state index contributed by atoms with van der Waals surface area (Å²) in [5, 5.41) is 16.5. The highest BCUT2D eigenvalue weighted by Crippen LogP contribution is 2.58. The van der Waals surface area contributed by atoms with Crippen molar-refractivity contribution in [3.8, 4) is 17.6 Å². The highest BCUT2D eigenvalue weighted by atomic mass is 35.5. The Kier molecular flexibility index (Phi) is 6.87. The van der Waals surface area contributed by atoms with E-state index >= 15 is 0 Å². The molecule has 3 N–H and O–H groups in total. The summed E-state index contributed by atoms with van der Waals surface area (Å²) in [7, 11) is 0. The van der Waals surface area contributed by atoms with E-state index in [9.17, 15) is 14.7 Å². The number of nitrogens with one attached hydrogen (secondary N) is 2. The first-order valence-electron chi connectivity index (χ1n) is 11.8. The lowest BCUT2D eigenvalue weighted by Gasteiger charge is -2.46. The molecule has 0 saturated carbocycles. The van der Waals surface area contributed by atoms with Crippen LogP contribution in [0.2, 0.25) is 10.0 Å². The molecule has 0 radical (unpaired) electrons. The Morgan fingerprint density at radius 3 is 2.65 bits per heavy atom. The maximum Gasteiger partial charge on any atom is 0.238 e. The molecule has 3 atom stereocenters. The lowest BCUT2D eigenvalue weighted by molar-refractivity contribution is -0.131. The van der Waals surface area contributed by atoms with Crippen LogP contribution in [0.3, 0.4) is 0 Å². The molecule has 1 fully saturated rings. The van der Waals surface area contributed by atoms with Crippen molar-refractivity contribution in [2.75, 3.05) is 18.5 Å². The molecule has 3 aromatic rings. The van der Waals surface area contributed by atoms with Gasteiger partial charge in [0.2, 0.25) is 11.8 Å². The van der Waals surface area contributed by atoms with E-state index in [1.54, 1.807) is 43.3 Å². The summed E-state index contributed by atoms with van der Waals surface area (Å²) in [6.07, 6.45) is 0.0770. The monoisotopic (exact) mass is 534 g/mol. The van der Waals surface area contributed by atoms with Crippen LogP contribution in [-0.2, 0) is 15.0 Å². The van der Waals surface area contributed by atoms with Crippen LogP contribution in [0.25, 0.3) is 0 Å². The summed E-state index contributed by atoms with van der Waals surface area (Å²) < 4.78 is 5.89. The molecule has 1 saturated heterocycles. The number of anilines is 1. The fraction of sp³-hybridized carbons (Fsp3) is 0.241. The Morgan fingerprint density at radius 1 is 1.08 bits per heavy atom. The highest BCUT2D eigenvalue weighted by molar-refractivity contribution is 6.31. The summed E-state index contributed by atoms with van der Waals surface area (Å²) in [5.41, 5.74) is 2.14. The molecule has 2 heterocycles. The second-order valence-electron chi connectivity index (χ2n) is 9.02. The van der Waals surface area contributed by atoms with E-state index in [1.165, 1.54) is 0 Å². The zero-order chi connectivity index (χ0) is 26.2. The molecule has 0 unspecified atom stereocenters. The number of piperidine rings is 1. The number of amides is 2. The van der Waals surface area contributed by atoms with Crippen LogP contribution in [0.5, 0.6) is 5.75 Å². The molecule has 0 bridgehead atoms. The van der Waals surface area contributed by atoms with E-state index in [4.69, 9.17) is 27.9 Å². The molecule has 37 heavy (non-hydrogen) atoms. The molecule has 0 aromatic heterocycles. The van der Waals surface area contributed by atoms with Crippen molar-refractivity contribution < 1.29 is 19.4 Å². The van der Waals surface area contributed by atoms with E-state index in [1.807, 2.05) is 24.3 Å². The molecule has 188 valence electrons. The second-order valence-corrected chi connectivity index (χ2v) is 9.90. The van der Waals surface area contributed by atoms with Crippen molar-refractivity contribution in [2.45, 2.75) is 30.7 Å². The molecule has 1 spiro atoms. The normalized spacial score (nSPS) is 22.1. The van der Waals surface area contributed by atoms with Gasteiger partial charge in [-0.1, -0.05) is 47.3 Å². The number of ether oxygens (including phenoxy) is 1. The van der Waals surface area contributed by atoms with Gasteiger partial charge in [0.15, 0.2) is 0 Å². The van der Waals surface area contributed by atoms with Crippen molar-refractivity contribution in [2.24, 2.45) is 0 Å². The summed E-state index contributed by atoms with van der Waals surface area (Å²) in [5.74, 6) is 5.36. The number of rotatable bonds is 5. The van der Waals surface area contributed by atoms with Crippen LogP contribution in [0, 0.1) is 11.8 Å². The number of benzene rings is 3. The highest BCUT2D eigenvalue weighted by Gasteiger charge is 2.61. The standard InChI is InChI=1S/C29H24Cl2N2O4/c1-2-4-17-7-10-25(37-12-11-34)21(13-17)27-29(22-9-8-20(31)15-24(22)32-28(29)36)23(16-26(35)33-27)18-5-3-6-19(30)14-18/h3,5-10,13-15,23,27,34H,11-12,16H2,1H3,(H,32,36)(H,33,35)/t23-,27+,29-/m1/s1. The summed E-state index contributed by atoms with van der Waals surface area (Å²) in [4.78, 5) is 27.4. The molecule has 0 aliphatic carbocycles. The number of carbonyl (C=O) groups is 2. The average Bonchev–Trinajstić information content (AvgIpc) is 3.15.